The predicted molar refractivity (Wildman–Crippen MR) is 82.3 cm³/mol. The molecule has 0 aromatic carbocycles. The fourth-order valence-corrected chi connectivity index (χ4v) is 3.49. The number of nitrogens with one attached hydrogen (secondary N) is 1. The largest absolute Gasteiger partial charge is 0.380 e. The fourth-order valence-electron chi connectivity index (χ4n) is 2.54. The van der Waals surface area contributed by atoms with Crippen LogP contribution in [0, 0.1) is 11.8 Å². The van der Waals surface area contributed by atoms with Crippen molar-refractivity contribution < 1.29 is 13.2 Å². The maximum atomic E-state index is 11.6. The molecule has 1 fully saturated rings. The van der Waals surface area contributed by atoms with Crippen molar-refractivity contribution in [2.24, 2.45) is 11.8 Å². The van der Waals surface area contributed by atoms with Gasteiger partial charge in [-0.05, 0) is 38.1 Å². The zero-order valence-corrected chi connectivity index (χ0v) is 14.1. The van der Waals surface area contributed by atoms with Crippen LogP contribution in [0.3, 0.4) is 0 Å². The molecule has 2 unspecified atom stereocenters. The van der Waals surface area contributed by atoms with Crippen LogP contribution < -0.4 is 5.32 Å². The van der Waals surface area contributed by atoms with Crippen LogP contribution in [-0.2, 0) is 14.8 Å². The Labute approximate surface area is 124 Å². The molecular weight excluding hydrogens is 276 g/mol. The van der Waals surface area contributed by atoms with Gasteiger partial charge in [0, 0.05) is 25.7 Å². The van der Waals surface area contributed by atoms with E-state index in [1.54, 1.807) is 4.31 Å². The maximum Gasteiger partial charge on any atom is 0.211 e. The van der Waals surface area contributed by atoms with Crippen molar-refractivity contribution in [1.29, 1.82) is 0 Å². The first-order valence-corrected chi connectivity index (χ1v) is 9.45. The minimum Gasteiger partial charge on any atom is -0.380 e. The van der Waals surface area contributed by atoms with Gasteiger partial charge in [0.05, 0.1) is 12.9 Å². The highest BCUT2D eigenvalue weighted by Gasteiger charge is 2.26. The van der Waals surface area contributed by atoms with E-state index in [0.717, 1.165) is 32.6 Å². The third-order valence-electron chi connectivity index (χ3n) is 3.93. The highest BCUT2D eigenvalue weighted by Crippen LogP contribution is 2.18. The van der Waals surface area contributed by atoms with E-state index in [1.807, 2.05) is 6.92 Å². The van der Waals surface area contributed by atoms with Crippen molar-refractivity contribution in [3.05, 3.63) is 0 Å². The molecule has 0 radical (unpaired) electrons. The van der Waals surface area contributed by atoms with Crippen LogP contribution >= 0.6 is 0 Å². The van der Waals surface area contributed by atoms with Gasteiger partial charge in [0.2, 0.25) is 10.0 Å². The summed E-state index contributed by atoms with van der Waals surface area (Å²) < 4.78 is 30.3. The summed E-state index contributed by atoms with van der Waals surface area (Å²) in [6.07, 6.45) is 3.35. The molecular formula is C14H30N2O3S. The second kappa shape index (κ2) is 8.32. The SMILES string of the molecule is CCOCC(NCC1CCCN(S(C)(=O)=O)C1)C(C)C. The number of sulfonamides is 1. The lowest BCUT2D eigenvalue weighted by atomic mass is 9.98. The molecule has 2 atom stereocenters. The van der Waals surface area contributed by atoms with Crippen molar-refractivity contribution in [2.75, 3.05) is 39.1 Å². The van der Waals surface area contributed by atoms with Gasteiger partial charge in [-0.25, -0.2) is 12.7 Å². The Morgan fingerprint density at radius 1 is 1.40 bits per heavy atom. The number of ether oxygens (including phenoxy) is 1. The van der Waals surface area contributed by atoms with Crippen LogP contribution in [-0.4, -0.2) is 57.9 Å². The van der Waals surface area contributed by atoms with Gasteiger partial charge in [-0.15, -0.1) is 0 Å². The average Bonchev–Trinajstić information content (AvgIpc) is 2.37. The highest BCUT2D eigenvalue weighted by atomic mass is 32.2. The van der Waals surface area contributed by atoms with E-state index in [2.05, 4.69) is 19.2 Å². The Morgan fingerprint density at radius 3 is 2.65 bits per heavy atom. The zero-order chi connectivity index (χ0) is 15.2. The van der Waals surface area contributed by atoms with Gasteiger partial charge in [-0.3, -0.25) is 0 Å². The molecule has 1 aliphatic heterocycles. The van der Waals surface area contributed by atoms with E-state index in [-0.39, 0.29) is 0 Å². The van der Waals surface area contributed by atoms with Gasteiger partial charge >= 0.3 is 0 Å². The summed E-state index contributed by atoms with van der Waals surface area (Å²) in [4.78, 5) is 0. The van der Waals surface area contributed by atoms with Gasteiger partial charge in [-0.1, -0.05) is 13.8 Å². The molecule has 5 nitrogen and oxygen atoms in total. The monoisotopic (exact) mass is 306 g/mol. The molecule has 1 heterocycles. The number of rotatable bonds is 8. The minimum atomic E-state index is -3.05. The average molecular weight is 306 g/mol. The summed E-state index contributed by atoms with van der Waals surface area (Å²) in [6.45, 7) is 9.99. The molecule has 1 aliphatic rings. The van der Waals surface area contributed by atoms with E-state index in [4.69, 9.17) is 4.74 Å². The number of piperidine rings is 1. The van der Waals surface area contributed by atoms with Gasteiger partial charge in [-0.2, -0.15) is 0 Å². The lowest BCUT2D eigenvalue weighted by molar-refractivity contribution is 0.104. The molecule has 0 bridgehead atoms. The number of nitrogens with zero attached hydrogens (tertiary/aromatic N) is 1. The van der Waals surface area contributed by atoms with Crippen molar-refractivity contribution >= 4 is 10.0 Å². The second-order valence-electron chi connectivity index (χ2n) is 6.05. The summed E-state index contributed by atoms with van der Waals surface area (Å²) in [5.41, 5.74) is 0. The Balaban J connectivity index is 2.43. The lowest BCUT2D eigenvalue weighted by Crippen LogP contribution is -2.46. The van der Waals surface area contributed by atoms with E-state index in [1.165, 1.54) is 6.26 Å². The van der Waals surface area contributed by atoms with Gasteiger partial charge in [0.15, 0.2) is 0 Å². The first kappa shape index (κ1) is 17.9. The summed E-state index contributed by atoms with van der Waals surface area (Å²) in [5, 5.41) is 3.55. The van der Waals surface area contributed by atoms with Crippen LogP contribution in [0.25, 0.3) is 0 Å². The molecule has 20 heavy (non-hydrogen) atoms. The lowest BCUT2D eigenvalue weighted by Gasteiger charge is -2.32. The molecule has 0 aliphatic carbocycles. The Bertz CT molecular complexity index is 371. The first-order valence-electron chi connectivity index (χ1n) is 7.60. The molecule has 120 valence electrons. The number of hydrogen-bond donors (Lipinski definition) is 1. The van der Waals surface area contributed by atoms with Crippen LogP contribution in [0.4, 0.5) is 0 Å². The minimum absolute atomic E-state index is 0.337. The summed E-state index contributed by atoms with van der Waals surface area (Å²) in [6, 6.07) is 0.337. The zero-order valence-electron chi connectivity index (χ0n) is 13.3. The summed E-state index contributed by atoms with van der Waals surface area (Å²) in [5.74, 6) is 0.914. The van der Waals surface area contributed by atoms with E-state index in [9.17, 15) is 8.42 Å². The van der Waals surface area contributed by atoms with Crippen LogP contribution in [0.2, 0.25) is 0 Å². The third kappa shape index (κ3) is 6.08. The van der Waals surface area contributed by atoms with Gasteiger partial charge in [0.1, 0.15) is 0 Å². The molecule has 0 saturated carbocycles. The summed E-state index contributed by atoms with van der Waals surface area (Å²) >= 11 is 0. The number of hydrogen-bond acceptors (Lipinski definition) is 4. The second-order valence-corrected chi connectivity index (χ2v) is 8.03. The van der Waals surface area contributed by atoms with E-state index < -0.39 is 10.0 Å². The Hall–Kier alpha value is -0.170. The standard InChI is InChI=1S/C14H30N2O3S/c1-5-19-11-14(12(2)3)15-9-13-7-6-8-16(10-13)20(4,17)18/h12-15H,5-11H2,1-4H3. The quantitative estimate of drug-likeness (QED) is 0.734. The maximum absolute atomic E-state index is 11.6. The fraction of sp³-hybridized carbons (Fsp3) is 1.00. The van der Waals surface area contributed by atoms with Gasteiger partial charge in [0.25, 0.3) is 0 Å². The van der Waals surface area contributed by atoms with E-state index in [0.29, 0.717) is 31.0 Å². The molecule has 0 amide bonds. The summed E-state index contributed by atoms with van der Waals surface area (Å²) in [7, 11) is -3.05. The molecule has 0 aromatic rings. The van der Waals surface area contributed by atoms with Gasteiger partial charge < -0.3 is 10.1 Å². The Kier molecular flexibility index (Phi) is 7.43. The molecule has 1 saturated heterocycles. The van der Waals surface area contributed by atoms with E-state index >= 15 is 0 Å². The Morgan fingerprint density at radius 2 is 2.10 bits per heavy atom. The van der Waals surface area contributed by atoms with Crippen molar-refractivity contribution in [3.63, 3.8) is 0 Å². The van der Waals surface area contributed by atoms with Crippen molar-refractivity contribution in [3.8, 4) is 0 Å². The van der Waals surface area contributed by atoms with Crippen LogP contribution in [0.15, 0.2) is 0 Å². The molecule has 1 N–H and O–H groups in total. The smallest absolute Gasteiger partial charge is 0.211 e. The van der Waals surface area contributed by atoms with Crippen LogP contribution in [0.1, 0.15) is 33.6 Å². The molecule has 0 aromatic heterocycles. The highest BCUT2D eigenvalue weighted by molar-refractivity contribution is 7.88. The molecule has 6 heteroatoms. The predicted octanol–water partition coefficient (Wildman–Crippen LogP) is 1.31. The topological polar surface area (TPSA) is 58.6 Å². The first-order chi connectivity index (χ1) is 9.34. The van der Waals surface area contributed by atoms with Crippen molar-refractivity contribution in [2.45, 2.75) is 39.7 Å². The van der Waals surface area contributed by atoms with Crippen LogP contribution in [0.5, 0.6) is 0 Å². The normalized spacial score (nSPS) is 23.1. The molecule has 0 spiro atoms. The van der Waals surface area contributed by atoms with Crippen molar-refractivity contribution in [1.82, 2.24) is 9.62 Å². The third-order valence-corrected chi connectivity index (χ3v) is 5.20. The molecule has 1 rings (SSSR count).